The highest BCUT2D eigenvalue weighted by Crippen LogP contribution is 2.22. The van der Waals surface area contributed by atoms with E-state index in [1.165, 1.54) is 0 Å². The Morgan fingerprint density at radius 1 is 0.778 bits per heavy atom. The van der Waals surface area contributed by atoms with Crippen molar-refractivity contribution in [2.24, 2.45) is 0 Å². The highest BCUT2D eigenvalue weighted by Gasteiger charge is 2.11. The van der Waals surface area contributed by atoms with Gasteiger partial charge in [-0.25, -0.2) is 0 Å². The van der Waals surface area contributed by atoms with Gasteiger partial charge < -0.3 is 15.5 Å². The Kier molecular flexibility index (Phi) is 6.79. The van der Waals surface area contributed by atoms with Crippen molar-refractivity contribution in [1.82, 2.24) is 15.2 Å². The van der Waals surface area contributed by atoms with Crippen molar-refractivity contribution in [3.63, 3.8) is 0 Å². The lowest BCUT2D eigenvalue weighted by atomic mass is 10.1. The van der Waals surface area contributed by atoms with Crippen LogP contribution in [-0.4, -0.2) is 33.2 Å². The predicted octanol–water partition coefficient (Wildman–Crippen LogP) is 3.28. The summed E-state index contributed by atoms with van der Waals surface area (Å²) in [5.74, 6) is 0.586. The zero-order valence-electron chi connectivity index (χ0n) is 15.3. The summed E-state index contributed by atoms with van der Waals surface area (Å²) in [4.78, 5) is 6.52. The lowest BCUT2D eigenvalue weighted by molar-refractivity contribution is 0.249. The summed E-state index contributed by atoms with van der Waals surface area (Å²) in [5, 5.41) is 23.6. The summed E-state index contributed by atoms with van der Waals surface area (Å²) in [6.07, 6.45) is 1.79. The van der Waals surface area contributed by atoms with Crippen LogP contribution in [0.5, 0.6) is 11.5 Å². The van der Waals surface area contributed by atoms with E-state index in [0.717, 1.165) is 29.9 Å². The second kappa shape index (κ2) is 9.71. The molecule has 1 aromatic heterocycles. The molecule has 0 fully saturated rings. The molecule has 0 radical (unpaired) electrons. The van der Waals surface area contributed by atoms with Gasteiger partial charge in [0.25, 0.3) is 0 Å². The first kappa shape index (κ1) is 18.9. The summed E-state index contributed by atoms with van der Waals surface area (Å²) in [6, 6.07) is 20.6. The molecule has 0 bridgehead atoms. The van der Waals surface area contributed by atoms with E-state index in [1.807, 2.05) is 54.6 Å². The molecule has 5 nitrogen and oxygen atoms in total. The molecule has 3 aromatic rings. The molecule has 3 N–H and O–H groups in total. The second-order valence-corrected chi connectivity index (χ2v) is 6.47. The van der Waals surface area contributed by atoms with Crippen molar-refractivity contribution < 1.29 is 10.2 Å². The molecule has 0 saturated carbocycles. The minimum Gasteiger partial charge on any atom is -0.508 e. The first-order valence-electron chi connectivity index (χ1n) is 9.09. The minimum absolute atomic E-state index is 0.293. The topological polar surface area (TPSA) is 68.6 Å². The van der Waals surface area contributed by atoms with Crippen molar-refractivity contribution in [1.29, 1.82) is 0 Å². The third kappa shape index (κ3) is 5.81. The van der Waals surface area contributed by atoms with Crippen molar-refractivity contribution in [3.8, 4) is 11.5 Å². The Labute approximate surface area is 159 Å². The molecular formula is C22H25N3O2. The lowest BCUT2D eigenvalue weighted by Gasteiger charge is -2.23. The number of pyridine rings is 1. The molecule has 0 amide bonds. The molecule has 27 heavy (non-hydrogen) atoms. The van der Waals surface area contributed by atoms with Gasteiger partial charge >= 0.3 is 0 Å². The van der Waals surface area contributed by atoms with Crippen LogP contribution >= 0.6 is 0 Å². The number of phenols is 2. The van der Waals surface area contributed by atoms with E-state index < -0.39 is 0 Å². The lowest BCUT2D eigenvalue weighted by Crippen LogP contribution is -2.31. The minimum atomic E-state index is 0.293. The zero-order valence-corrected chi connectivity index (χ0v) is 15.3. The number of hydrogen-bond acceptors (Lipinski definition) is 5. The average molecular weight is 363 g/mol. The molecule has 5 heteroatoms. The van der Waals surface area contributed by atoms with Crippen molar-refractivity contribution in [3.05, 3.63) is 89.7 Å². The molecule has 0 atom stereocenters. The monoisotopic (exact) mass is 363 g/mol. The van der Waals surface area contributed by atoms with Gasteiger partial charge in [0.1, 0.15) is 11.5 Å². The molecule has 0 unspecified atom stereocenters. The number of aromatic hydroxyl groups is 2. The standard InChI is InChI=1S/C22H25N3O2/c26-21-10-3-1-7-18(21)16-25(17-19-8-2-4-11-22(19)27)14-13-23-15-20-9-5-6-12-24-20/h1-12,23,26-27H,13-17H2. The summed E-state index contributed by atoms with van der Waals surface area (Å²) < 4.78 is 0. The van der Waals surface area contributed by atoms with Crippen LogP contribution in [0.1, 0.15) is 16.8 Å². The van der Waals surface area contributed by atoms with Crippen LogP contribution in [-0.2, 0) is 19.6 Å². The predicted molar refractivity (Wildman–Crippen MR) is 106 cm³/mol. The summed E-state index contributed by atoms with van der Waals surface area (Å²) in [5.41, 5.74) is 2.75. The summed E-state index contributed by atoms with van der Waals surface area (Å²) in [6.45, 7) is 3.47. The van der Waals surface area contributed by atoms with E-state index in [1.54, 1.807) is 18.3 Å². The molecule has 0 spiro atoms. The molecule has 3 rings (SSSR count). The maximum Gasteiger partial charge on any atom is 0.120 e. The molecule has 0 aliphatic rings. The van der Waals surface area contributed by atoms with E-state index in [4.69, 9.17) is 0 Å². The van der Waals surface area contributed by atoms with E-state index >= 15 is 0 Å². The quantitative estimate of drug-likeness (QED) is 0.509. The van der Waals surface area contributed by atoms with Crippen molar-refractivity contribution in [2.75, 3.05) is 13.1 Å². The molecule has 1 heterocycles. The van der Waals surface area contributed by atoms with Gasteiger partial charge in [0, 0.05) is 50.0 Å². The van der Waals surface area contributed by atoms with Crippen LogP contribution in [0.25, 0.3) is 0 Å². The van der Waals surface area contributed by atoms with Crippen LogP contribution in [0.3, 0.4) is 0 Å². The summed E-state index contributed by atoms with van der Waals surface area (Å²) >= 11 is 0. The van der Waals surface area contributed by atoms with Gasteiger partial charge in [-0.15, -0.1) is 0 Å². The fraction of sp³-hybridized carbons (Fsp3) is 0.227. The number of nitrogens with zero attached hydrogens (tertiary/aromatic N) is 2. The number of benzene rings is 2. The SMILES string of the molecule is Oc1ccccc1CN(CCNCc1ccccn1)Cc1ccccc1O. The first-order valence-corrected chi connectivity index (χ1v) is 9.09. The van der Waals surface area contributed by atoms with Crippen LogP contribution in [0.4, 0.5) is 0 Å². The van der Waals surface area contributed by atoms with Gasteiger partial charge in [-0.3, -0.25) is 9.88 Å². The first-order chi connectivity index (χ1) is 13.2. The Balaban J connectivity index is 1.62. The van der Waals surface area contributed by atoms with Crippen LogP contribution in [0, 0.1) is 0 Å². The normalized spacial score (nSPS) is 11.0. The van der Waals surface area contributed by atoms with Gasteiger partial charge in [0.15, 0.2) is 0 Å². The van der Waals surface area contributed by atoms with Crippen molar-refractivity contribution >= 4 is 0 Å². The third-order valence-corrected chi connectivity index (χ3v) is 4.41. The Morgan fingerprint density at radius 3 is 1.93 bits per heavy atom. The number of phenolic OH excluding ortho intramolecular Hbond substituents is 2. The molecule has 0 aliphatic heterocycles. The Hall–Kier alpha value is -2.89. The second-order valence-electron chi connectivity index (χ2n) is 6.47. The van der Waals surface area contributed by atoms with Gasteiger partial charge in [0.2, 0.25) is 0 Å². The molecule has 2 aromatic carbocycles. The zero-order chi connectivity index (χ0) is 18.9. The number of nitrogens with one attached hydrogen (secondary N) is 1. The molecular weight excluding hydrogens is 338 g/mol. The molecule has 0 aliphatic carbocycles. The van der Waals surface area contributed by atoms with E-state index in [2.05, 4.69) is 15.2 Å². The number of hydrogen-bond donors (Lipinski definition) is 3. The van der Waals surface area contributed by atoms with E-state index in [-0.39, 0.29) is 0 Å². The highest BCUT2D eigenvalue weighted by molar-refractivity contribution is 5.33. The van der Waals surface area contributed by atoms with Gasteiger partial charge in [-0.1, -0.05) is 42.5 Å². The molecule has 140 valence electrons. The smallest absolute Gasteiger partial charge is 0.120 e. The Bertz CT molecular complexity index is 792. The average Bonchev–Trinajstić information content (AvgIpc) is 2.69. The van der Waals surface area contributed by atoms with Crippen LogP contribution in [0.2, 0.25) is 0 Å². The largest absolute Gasteiger partial charge is 0.508 e. The van der Waals surface area contributed by atoms with E-state index in [9.17, 15) is 10.2 Å². The van der Waals surface area contributed by atoms with Gasteiger partial charge in [-0.05, 0) is 24.3 Å². The fourth-order valence-electron chi connectivity index (χ4n) is 2.94. The number of rotatable bonds is 9. The number of para-hydroxylation sites is 2. The summed E-state index contributed by atoms with van der Waals surface area (Å²) in [7, 11) is 0. The van der Waals surface area contributed by atoms with Crippen LogP contribution in [0.15, 0.2) is 72.9 Å². The van der Waals surface area contributed by atoms with Gasteiger partial charge in [-0.2, -0.15) is 0 Å². The maximum atomic E-state index is 10.1. The van der Waals surface area contributed by atoms with Crippen LogP contribution < -0.4 is 5.32 Å². The number of aromatic nitrogens is 1. The maximum absolute atomic E-state index is 10.1. The Morgan fingerprint density at radius 2 is 1.37 bits per heavy atom. The highest BCUT2D eigenvalue weighted by atomic mass is 16.3. The van der Waals surface area contributed by atoms with E-state index in [0.29, 0.717) is 31.1 Å². The van der Waals surface area contributed by atoms with Crippen molar-refractivity contribution in [2.45, 2.75) is 19.6 Å². The fourth-order valence-corrected chi connectivity index (χ4v) is 2.94. The molecule has 0 saturated heterocycles. The van der Waals surface area contributed by atoms with Gasteiger partial charge in [0.05, 0.1) is 5.69 Å². The third-order valence-electron chi connectivity index (χ3n) is 4.41.